The number of aryl methyl sites for hydroxylation is 1. The Bertz CT molecular complexity index is 567. The second-order valence-electron chi connectivity index (χ2n) is 3.93. The molecule has 0 fully saturated rings. The highest BCUT2D eigenvalue weighted by Gasteiger charge is 2.10. The molecule has 0 unspecified atom stereocenters. The van der Waals surface area contributed by atoms with E-state index in [9.17, 15) is 4.79 Å². The van der Waals surface area contributed by atoms with E-state index < -0.39 is 0 Å². The lowest BCUT2D eigenvalue weighted by molar-refractivity contribution is 0.0951. The molecule has 5 nitrogen and oxygen atoms in total. The monoisotopic (exact) mass is 276 g/mol. The van der Waals surface area contributed by atoms with Gasteiger partial charge in [0.25, 0.3) is 5.91 Å². The first-order chi connectivity index (χ1) is 9.24. The first kappa shape index (κ1) is 13.5. The predicted octanol–water partition coefficient (Wildman–Crippen LogP) is 2.07. The predicted molar refractivity (Wildman–Crippen MR) is 76.4 cm³/mol. The minimum absolute atomic E-state index is 0.125. The fourth-order valence-corrected chi connectivity index (χ4v) is 2.44. The van der Waals surface area contributed by atoms with Crippen LogP contribution in [-0.2, 0) is 13.0 Å². The van der Waals surface area contributed by atoms with Crippen LogP contribution < -0.4 is 10.6 Å². The molecule has 2 heterocycles. The summed E-state index contributed by atoms with van der Waals surface area (Å²) in [5.74, 6) is -0.125. The number of carbonyl (C=O) groups excluding carboxylic acids is 1. The van der Waals surface area contributed by atoms with Gasteiger partial charge in [-0.15, -0.1) is 11.3 Å². The van der Waals surface area contributed by atoms with Crippen LogP contribution >= 0.6 is 11.3 Å². The van der Waals surface area contributed by atoms with Crippen LogP contribution in [0.2, 0.25) is 0 Å². The summed E-state index contributed by atoms with van der Waals surface area (Å²) >= 11 is 1.63. The molecule has 0 radical (unpaired) electrons. The maximum Gasteiger partial charge on any atom is 0.253 e. The van der Waals surface area contributed by atoms with E-state index in [-0.39, 0.29) is 5.91 Å². The van der Waals surface area contributed by atoms with Crippen molar-refractivity contribution >= 4 is 22.9 Å². The summed E-state index contributed by atoms with van der Waals surface area (Å²) in [5, 5.41) is 6.74. The lowest BCUT2D eigenvalue weighted by atomic mass is 10.2. The van der Waals surface area contributed by atoms with Gasteiger partial charge in [0.2, 0.25) is 0 Å². The highest BCUT2D eigenvalue weighted by molar-refractivity contribution is 7.11. The van der Waals surface area contributed by atoms with Crippen molar-refractivity contribution in [3.8, 4) is 0 Å². The average Bonchev–Trinajstić information content (AvgIpc) is 2.92. The van der Waals surface area contributed by atoms with Gasteiger partial charge in [-0.25, -0.2) is 4.98 Å². The molecule has 2 aromatic heterocycles. The Labute approximate surface area is 116 Å². The van der Waals surface area contributed by atoms with Crippen molar-refractivity contribution in [2.24, 2.45) is 0 Å². The molecule has 0 spiro atoms. The van der Waals surface area contributed by atoms with Crippen LogP contribution in [0.4, 0.5) is 5.69 Å². The van der Waals surface area contributed by atoms with E-state index in [1.165, 1.54) is 4.88 Å². The van der Waals surface area contributed by atoms with Crippen LogP contribution in [0.25, 0.3) is 0 Å². The van der Waals surface area contributed by atoms with Crippen molar-refractivity contribution in [1.29, 1.82) is 0 Å². The van der Waals surface area contributed by atoms with Gasteiger partial charge >= 0.3 is 0 Å². The van der Waals surface area contributed by atoms with Crippen LogP contribution in [0.5, 0.6) is 0 Å². The zero-order valence-corrected chi connectivity index (χ0v) is 11.8. The summed E-state index contributed by atoms with van der Waals surface area (Å²) in [4.78, 5) is 21.5. The molecule has 19 heavy (non-hydrogen) atoms. The molecule has 0 atom stereocenters. The minimum atomic E-state index is -0.125. The molecule has 0 aromatic carbocycles. The van der Waals surface area contributed by atoms with Gasteiger partial charge in [-0.05, 0) is 12.5 Å². The van der Waals surface area contributed by atoms with Gasteiger partial charge in [-0.2, -0.15) is 0 Å². The zero-order chi connectivity index (χ0) is 13.7. The lowest BCUT2D eigenvalue weighted by Gasteiger charge is -2.07. The van der Waals surface area contributed by atoms with Crippen molar-refractivity contribution in [3.05, 3.63) is 40.1 Å². The highest BCUT2D eigenvalue weighted by atomic mass is 32.1. The number of rotatable bonds is 5. The molecule has 0 aliphatic carbocycles. The number of aromatic nitrogens is 2. The second kappa shape index (κ2) is 6.29. The summed E-state index contributed by atoms with van der Waals surface area (Å²) in [6.07, 6.45) is 6.07. The molecule has 2 rings (SSSR count). The van der Waals surface area contributed by atoms with Crippen molar-refractivity contribution < 1.29 is 4.79 Å². The van der Waals surface area contributed by atoms with Crippen LogP contribution in [-0.4, -0.2) is 22.9 Å². The third kappa shape index (κ3) is 3.29. The van der Waals surface area contributed by atoms with Crippen molar-refractivity contribution in [2.75, 3.05) is 12.4 Å². The molecule has 0 saturated carbocycles. The number of carbonyl (C=O) groups is 1. The number of thiazole rings is 1. The number of nitrogens with one attached hydrogen (secondary N) is 2. The summed E-state index contributed by atoms with van der Waals surface area (Å²) in [7, 11) is 1.77. The number of nitrogens with zero attached hydrogens (tertiary/aromatic N) is 2. The number of hydrogen-bond acceptors (Lipinski definition) is 5. The summed E-state index contributed by atoms with van der Waals surface area (Å²) in [5.41, 5.74) is 1.30. The number of amides is 1. The normalized spacial score (nSPS) is 10.2. The van der Waals surface area contributed by atoms with E-state index in [2.05, 4.69) is 27.5 Å². The Morgan fingerprint density at radius 3 is 2.95 bits per heavy atom. The summed E-state index contributed by atoms with van der Waals surface area (Å²) < 4.78 is 0. The van der Waals surface area contributed by atoms with Crippen LogP contribution in [0, 0.1) is 0 Å². The van der Waals surface area contributed by atoms with E-state index in [0.29, 0.717) is 17.8 Å². The van der Waals surface area contributed by atoms with Gasteiger partial charge in [-0.3, -0.25) is 9.78 Å². The van der Waals surface area contributed by atoms with Gasteiger partial charge in [0.15, 0.2) is 0 Å². The first-order valence-corrected chi connectivity index (χ1v) is 6.89. The van der Waals surface area contributed by atoms with Crippen molar-refractivity contribution in [3.63, 3.8) is 0 Å². The molecule has 0 bridgehead atoms. The average molecular weight is 276 g/mol. The van der Waals surface area contributed by atoms with Gasteiger partial charge in [0, 0.05) is 24.3 Å². The minimum Gasteiger partial charge on any atom is -0.386 e. The smallest absolute Gasteiger partial charge is 0.253 e. The molecule has 6 heteroatoms. The fraction of sp³-hybridized carbons (Fsp3) is 0.308. The van der Waals surface area contributed by atoms with Gasteiger partial charge in [0.1, 0.15) is 5.01 Å². The van der Waals surface area contributed by atoms with Crippen LogP contribution in [0.15, 0.2) is 24.7 Å². The Hall–Kier alpha value is -1.95. The quantitative estimate of drug-likeness (QED) is 0.877. The third-order valence-corrected chi connectivity index (χ3v) is 3.83. The first-order valence-electron chi connectivity index (χ1n) is 6.08. The van der Waals surface area contributed by atoms with E-state index in [0.717, 1.165) is 11.4 Å². The maximum atomic E-state index is 12.1. The topological polar surface area (TPSA) is 66.9 Å². The lowest BCUT2D eigenvalue weighted by Crippen LogP contribution is -2.23. The molecule has 2 N–H and O–H groups in total. The van der Waals surface area contributed by atoms with Crippen LogP contribution in [0.1, 0.15) is 27.2 Å². The molecular formula is C13H16N4OS. The van der Waals surface area contributed by atoms with E-state index >= 15 is 0 Å². The zero-order valence-electron chi connectivity index (χ0n) is 10.9. The Morgan fingerprint density at radius 2 is 2.26 bits per heavy atom. The van der Waals surface area contributed by atoms with E-state index in [4.69, 9.17) is 0 Å². The van der Waals surface area contributed by atoms with E-state index in [1.807, 2.05) is 6.20 Å². The molecule has 0 aliphatic rings. The largest absolute Gasteiger partial charge is 0.386 e. The van der Waals surface area contributed by atoms with Crippen molar-refractivity contribution in [1.82, 2.24) is 15.3 Å². The van der Waals surface area contributed by atoms with Gasteiger partial charge in [-0.1, -0.05) is 6.92 Å². The van der Waals surface area contributed by atoms with Crippen LogP contribution in [0.3, 0.4) is 0 Å². The molecule has 0 aliphatic heterocycles. The highest BCUT2D eigenvalue weighted by Crippen LogP contribution is 2.15. The molecule has 100 valence electrons. The van der Waals surface area contributed by atoms with Gasteiger partial charge in [0.05, 0.1) is 24.0 Å². The molecule has 1 amide bonds. The van der Waals surface area contributed by atoms with E-state index in [1.54, 1.807) is 36.8 Å². The summed E-state index contributed by atoms with van der Waals surface area (Å²) in [6, 6.07) is 1.69. The standard InChI is InChI=1S/C13H16N4OS/c1-3-9-6-16-12(19-9)8-17-13(18)10-4-5-15-7-11(10)14-2/h4-7,14H,3,8H2,1-2H3,(H,17,18). The van der Waals surface area contributed by atoms with Gasteiger partial charge < -0.3 is 10.6 Å². The van der Waals surface area contributed by atoms with Crippen molar-refractivity contribution in [2.45, 2.75) is 19.9 Å². The number of hydrogen-bond donors (Lipinski definition) is 2. The fourth-order valence-electron chi connectivity index (χ4n) is 1.64. The Kier molecular flexibility index (Phi) is 4.46. The molecule has 0 saturated heterocycles. The second-order valence-corrected chi connectivity index (χ2v) is 5.13. The Balaban J connectivity index is 2.01. The molecule has 2 aromatic rings. The number of anilines is 1. The molecular weight excluding hydrogens is 260 g/mol. The Morgan fingerprint density at radius 1 is 1.42 bits per heavy atom. The number of pyridine rings is 1. The SMILES string of the molecule is CCc1cnc(CNC(=O)c2ccncc2NC)s1. The maximum absolute atomic E-state index is 12.1. The third-order valence-electron chi connectivity index (χ3n) is 2.69. The summed E-state index contributed by atoms with van der Waals surface area (Å²) in [6.45, 7) is 2.54.